The zero-order valence-corrected chi connectivity index (χ0v) is 35.8. The molecule has 10 aromatic rings. The fourth-order valence-corrected chi connectivity index (χ4v) is 12.7. The molecule has 0 saturated heterocycles. The third-order valence-electron chi connectivity index (χ3n) is 14.1. The normalized spacial score (nSPS) is 17.2. The van der Waals surface area contributed by atoms with Gasteiger partial charge in [0.25, 0.3) is 0 Å². The number of benzene rings is 7. The number of allylic oxidation sites excluding steroid dienone is 8. The molecular weight excluding hydrogens is 797 g/mol. The maximum atomic E-state index is 5.27. The number of aromatic nitrogens is 4. The van der Waals surface area contributed by atoms with Crippen LogP contribution in [-0.4, -0.2) is 19.1 Å². The second-order valence-corrected chi connectivity index (χ2v) is 18.5. The number of rotatable bonds is 4. The van der Waals surface area contributed by atoms with E-state index in [1.54, 1.807) is 0 Å². The van der Waals surface area contributed by atoms with Gasteiger partial charge in [0.05, 0.1) is 44.6 Å². The highest BCUT2D eigenvalue weighted by Crippen LogP contribution is 2.62. The van der Waals surface area contributed by atoms with E-state index in [2.05, 4.69) is 203 Å². The summed E-state index contributed by atoms with van der Waals surface area (Å²) in [5.74, 6) is 0.791. The Hall–Kier alpha value is -7.47. The highest BCUT2D eigenvalue weighted by Gasteiger charge is 2.50. The van der Waals surface area contributed by atoms with Crippen LogP contribution in [0.4, 0.5) is 0 Å². The summed E-state index contributed by atoms with van der Waals surface area (Å²) in [5, 5.41) is 5.11. The highest BCUT2D eigenvalue weighted by atomic mass is 32.2. The van der Waals surface area contributed by atoms with Gasteiger partial charge in [0.2, 0.25) is 0 Å². The molecule has 0 amide bonds. The molecule has 0 radical (unpaired) electrons. The Morgan fingerprint density at radius 1 is 0.547 bits per heavy atom. The topological polar surface area (TPSA) is 35.6 Å². The third kappa shape index (κ3) is 4.96. The zero-order chi connectivity index (χ0) is 41.9. The zero-order valence-electron chi connectivity index (χ0n) is 35.0. The minimum Gasteiger partial charge on any atom is -0.309 e. The third-order valence-corrected chi connectivity index (χ3v) is 15.3. The van der Waals surface area contributed by atoms with E-state index in [4.69, 9.17) is 9.97 Å². The van der Waals surface area contributed by atoms with Gasteiger partial charge in [0.1, 0.15) is 0 Å². The van der Waals surface area contributed by atoms with Crippen molar-refractivity contribution in [3.05, 3.63) is 228 Å². The molecule has 0 bridgehead atoms. The van der Waals surface area contributed by atoms with E-state index < -0.39 is 5.41 Å². The molecule has 7 aromatic carbocycles. The average molecular weight is 837 g/mol. The first-order chi connectivity index (χ1) is 31.8. The fourth-order valence-electron chi connectivity index (χ4n) is 11.4. The van der Waals surface area contributed by atoms with Gasteiger partial charge in [-0.2, -0.15) is 0 Å². The minimum atomic E-state index is -0.552. The molecule has 1 spiro atoms. The second-order valence-electron chi connectivity index (χ2n) is 17.4. The Morgan fingerprint density at radius 2 is 1.31 bits per heavy atom. The van der Waals surface area contributed by atoms with Crippen molar-refractivity contribution < 1.29 is 0 Å². The van der Waals surface area contributed by atoms with Crippen LogP contribution in [0.15, 0.2) is 204 Å². The fraction of sp³-hybridized carbons (Fsp3) is 0.0847. The van der Waals surface area contributed by atoms with Crippen molar-refractivity contribution in [1.82, 2.24) is 19.1 Å². The molecule has 4 aliphatic rings. The van der Waals surface area contributed by atoms with Crippen molar-refractivity contribution in [3.8, 4) is 22.6 Å². The minimum absolute atomic E-state index is 0.552. The summed E-state index contributed by atoms with van der Waals surface area (Å²) in [7, 11) is 0. The van der Waals surface area contributed by atoms with E-state index in [0.29, 0.717) is 0 Å². The summed E-state index contributed by atoms with van der Waals surface area (Å²) in [5.41, 5.74) is 17.4. The number of hydrogen-bond acceptors (Lipinski definition) is 3. The quantitative estimate of drug-likeness (QED) is 0.177. The molecule has 0 saturated carbocycles. The molecule has 0 N–H and O–H groups in total. The Bertz CT molecular complexity index is 3780. The van der Waals surface area contributed by atoms with Crippen molar-refractivity contribution in [2.45, 2.75) is 40.9 Å². The van der Waals surface area contributed by atoms with E-state index in [-0.39, 0.29) is 0 Å². The van der Waals surface area contributed by atoms with E-state index >= 15 is 0 Å². The summed E-state index contributed by atoms with van der Waals surface area (Å²) in [6.45, 7) is 0. The summed E-state index contributed by atoms with van der Waals surface area (Å²) in [4.78, 5) is 13.0. The number of fused-ring (bicyclic) bond motifs is 15. The monoisotopic (exact) mass is 836 g/mol. The molecule has 2 aliphatic heterocycles. The van der Waals surface area contributed by atoms with Gasteiger partial charge in [0.15, 0.2) is 5.82 Å². The summed E-state index contributed by atoms with van der Waals surface area (Å²) in [6.07, 6.45) is 17.4. The van der Waals surface area contributed by atoms with Crippen LogP contribution in [0.2, 0.25) is 0 Å². The first kappa shape index (κ1) is 36.1. The largest absolute Gasteiger partial charge is 0.309 e. The molecule has 2 aliphatic carbocycles. The van der Waals surface area contributed by atoms with Gasteiger partial charge in [-0.05, 0) is 102 Å². The van der Waals surface area contributed by atoms with Crippen molar-refractivity contribution in [3.63, 3.8) is 0 Å². The number of hydrogen-bond donors (Lipinski definition) is 0. The van der Waals surface area contributed by atoms with Gasteiger partial charge in [0, 0.05) is 48.2 Å². The van der Waals surface area contributed by atoms with Crippen LogP contribution in [0.25, 0.3) is 77.4 Å². The summed E-state index contributed by atoms with van der Waals surface area (Å²) in [6, 6.07) is 59.2. The first-order valence-electron chi connectivity index (χ1n) is 22.5. The maximum Gasteiger partial charge on any atom is 0.160 e. The van der Waals surface area contributed by atoms with Crippen molar-refractivity contribution in [2.75, 3.05) is 0 Å². The van der Waals surface area contributed by atoms with Crippen molar-refractivity contribution in [2.24, 2.45) is 0 Å². The predicted molar refractivity (Wildman–Crippen MR) is 265 cm³/mol. The predicted octanol–water partition coefficient (Wildman–Crippen LogP) is 15.0. The van der Waals surface area contributed by atoms with E-state index in [0.717, 1.165) is 59.7 Å². The van der Waals surface area contributed by atoms with E-state index in [1.165, 1.54) is 86.9 Å². The lowest BCUT2D eigenvalue weighted by Gasteiger charge is -2.45. The molecule has 1 unspecified atom stereocenters. The van der Waals surface area contributed by atoms with Gasteiger partial charge < -0.3 is 9.13 Å². The molecule has 302 valence electrons. The molecule has 3 aromatic heterocycles. The maximum absolute atomic E-state index is 5.27. The summed E-state index contributed by atoms with van der Waals surface area (Å²) < 4.78 is 5.00. The lowest BCUT2D eigenvalue weighted by Crippen LogP contribution is -2.37. The van der Waals surface area contributed by atoms with Gasteiger partial charge in [-0.25, -0.2) is 9.97 Å². The van der Waals surface area contributed by atoms with Crippen LogP contribution < -0.4 is 0 Å². The van der Waals surface area contributed by atoms with E-state index in [1.807, 2.05) is 11.8 Å². The molecule has 1 atom stereocenters. The molecule has 4 nitrogen and oxygen atoms in total. The number of nitrogens with zero attached hydrogens (tertiary/aromatic N) is 4. The molecule has 64 heavy (non-hydrogen) atoms. The molecule has 5 heterocycles. The van der Waals surface area contributed by atoms with Crippen LogP contribution in [0.5, 0.6) is 0 Å². The molecule has 0 fully saturated rings. The average Bonchev–Trinajstić information content (AvgIpc) is 3.90. The van der Waals surface area contributed by atoms with Gasteiger partial charge in [-0.1, -0.05) is 157 Å². The second kappa shape index (κ2) is 13.8. The van der Waals surface area contributed by atoms with Gasteiger partial charge in [-0.15, -0.1) is 0 Å². The smallest absolute Gasteiger partial charge is 0.160 e. The number of para-hydroxylation sites is 4. The van der Waals surface area contributed by atoms with Crippen LogP contribution in [0.1, 0.15) is 59.5 Å². The van der Waals surface area contributed by atoms with Crippen LogP contribution in [-0.2, 0) is 5.41 Å². The molecule has 14 rings (SSSR count). The SMILES string of the molecule is C1=CCCC(c2cc(-c3cccc(-n4c5ccccc5c5c6c(ccc54)C4(c5ccccc5S6)c5ccccc5-n5c6ccccc6c6cccc4c65)c3)nc(C3=CCCC=C3)n2)=C1. The molecule has 5 heteroatoms. The Labute approximate surface area is 375 Å². The van der Waals surface area contributed by atoms with E-state index in [9.17, 15) is 0 Å². The van der Waals surface area contributed by atoms with Crippen molar-refractivity contribution >= 4 is 66.5 Å². The van der Waals surface area contributed by atoms with Crippen LogP contribution in [0.3, 0.4) is 0 Å². The lowest BCUT2D eigenvalue weighted by molar-refractivity contribution is 0.692. The Balaban J connectivity index is 1.02. The highest BCUT2D eigenvalue weighted by molar-refractivity contribution is 7.99. The van der Waals surface area contributed by atoms with Gasteiger partial charge in [-0.3, -0.25) is 0 Å². The Kier molecular flexibility index (Phi) is 7.75. The van der Waals surface area contributed by atoms with Crippen molar-refractivity contribution in [1.29, 1.82) is 0 Å². The van der Waals surface area contributed by atoms with Crippen LogP contribution >= 0.6 is 11.8 Å². The summed E-state index contributed by atoms with van der Waals surface area (Å²) >= 11 is 1.93. The standard InChI is InChI=1S/C59H40N4S/c1-3-17-37(18-4-1)48-36-49(61-58(60-48)38-19-5-2-6-20-38)39-21-15-22-40(35-39)62-51-30-12-8-24-43(51)55-53(62)34-33-47-57(55)64-54-32-14-10-27-45(54)59(47)44-26-9-13-31-52(44)63-50-29-11-7-23-41(50)42-25-16-28-46(59)56(42)63/h1,3,5,7-17,19-36H,2,4,6,18H2. The van der Waals surface area contributed by atoms with Gasteiger partial charge >= 0.3 is 0 Å². The first-order valence-corrected chi connectivity index (χ1v) is 23.3. The lowest BCUT2D eigenvalue weighted by atomic mass is 9.62. The molecular formula is C59H40N4S. The Morgan fingerprint density at radius 3 is 2.19 bits per heavy atom. The van der Waals surface area contributed by atoms with Crippen LogP contribution in [0, 0.1) is 0 Å².